The Hall–Kier alpha value is -0.970. The number of anilines is 1. The van der Waals surface area contributed by atoms with Gasteiger partial charge in [-0.3, -0.25) is 4.98 Å². The first-order valence-electron chi connectivity index (χ1n) is 3.65. The summed E-state index contributed by atoms with van der Waals surface area (Å²) in [6, 6.07) is 1.89. The average Bonchev–Trinajstić information content (AvgIpc) is 2.13. The van der Waals surface area contributed by atoms with Gasteiger partial charge in [0.1, 0.15) is 5.69 Å². The molecule has 1 rings (SSSR count). The molecule has 0 amide bonds. The molecule has 0 aliphatic rings. The predicted molar refractivity (Wildman–Crippen MR) is 55.6 cm³/mol. The standard InChI is InChI=1S/C8H6F2IN3/c9-8(10)7-5(11)6(13)4(1-2-12)3-14-7/h3,8H,1H2,(H2,13,14). The van der Waals surface area contributed by atoms with Gasteiger partial charge in [-0.15, -0.1) is 0 Å². The van der Waals surface area contributed by atoms with Gasteiger partial charge in [0.2, 0.25) is 0 Å². The van der Waals surface area contributed by atoms with Crippen molar-refractivity contribution in [2.45, 2.75) is 12.8 Å². The van der Waals surface area contributed by atoms with Gasteiger partial charge in [0, 0.05) is 11.8 Å². The molecule has 0 radical (unpaired) electrons. The van der Waals surface area contributed by atoms with Crippen LogP contribution in [0.4, 0.5) is 14.5 Å². The van der Waals surface area contributed by atoms with Crippen LogP contribution in [-0.2, 0) is 6.42 Å². The molecule has 0 bridgehead atoms. The molecule has 0 atom stereocenters. The minimum atomic E-state index is -2.64. The lowest BCUT2D eigenvalue weighted by atomic mass is 10.1. The number of hydrogen-bond acceptors (Lipinski definition) is 3. The second-order valence-corrected chi connectivity index (χ2v) is 3.61. The maximum atomic E-state index is 12.3. The summed E-state index contributed by atoms with van der Waals surface area (Å²) in [7, 11) is 0. The highest BCUT2D eigenvalue weighted by atomic mass is 127. The fourth-order valence-electron chi connectivity index (χ4n) is 0.931. The van der Waals surface area contributed by atoms with Gasteiger partial charge >= 0.3 is 0 Å². The van der Waals surface area contributed by atoms with E-state index in [0.29, 0.717) is 5.56 Å². The van der Waals surface area contributed by atoms with Gasteiger partial charge in [-0.25, -0.2) is 8.78 Å². The highest BCUT2D eigenvalue weighted by molar-refractivity contribution is 14.1. The third kappa shape index (κ3) is 2.09. The van der Waals surface area contributed by atoms with Gasteiger partial charge < -0.3 is 5.73 Å². The number of nitrogens with zero attached hydrogens (tertiary/aromatic N) is 2. The Morgan fingerprint density at radius 2 is 2.29 bits per heavy atom. The molecule has 14 heavy (non-hydrogen) atoms. The average molecular weight is 309 g/mol. The maximum absolute atomic E-state index is 12.3. The fourth-order valence-corrected chi connectivity index (χ4v) is 1.65. The van der Waals surface area contributed by atoms with Crippen LogP contribution in [0.2, 0.25) is 0 Å². The molecule has 0 aromatic carbocycles. The van der Waals surface area contributed by atoms with Crippen molar-refractivity contribution in [2.24, 2.45) is 0 Å². The largest absolute Gasteiger partial charge is 0.398 e. The number of aromatic nitrogens is 1. The zero-order chi connectivity index (χ0) is 10.7. The molecule has 6 heteroatoms. The molecule has 74 valence electrons. The third-order valence-electron chi connectivity index (χ3n) is 1.64. The van der Waals surface area contributed by atoms with Crippen molar-refractivity contribution in [3.8, 4) is 6.07 Å². The van der Waals surface area contributed by atoms with E-state index in [2.05, 4.69) is 4.98 Å². The topological polar surface area (TPSA) is 62.7 Å². The number of hydrogen-bond donors (Lipinski definition) is 1. The van der Waals surface area contributed by atoms with E-state index in [4.69, 9.17) is 11.0 Å². The molecule has 0 saturated heterocycles. The Kier molecular flexibility index (Phi) is 3.57. The summed E-state index contributed by atoms with van der Waals surface area (Å²) in [5, 5.41) is 8.43. The summed E-state index contributed by atoms with van der Waals surface area (Å²) < 4.78 is 24.9. The Morgan fingerprint density at radius 1 is 1.64 bits per heavy atom. The molecule has 1 aromatic rings. The van der Waals surface area contributed by atoms with Crippen LogP contribution in [0, 0.1) is 14.9 Å². The highest BCUT2D eigenvalue weighted by Gasteiger charge is 2.17. The van der Waals surface area contributed by atoms with Gasteiger partial charge in [-0.1, -0.05) is 0 Å². The minimum absolute atomic E-state index is 0.0817. The summed E-state index contributed by atoms with van der Waals surface area (Å²) in [6.07, 6.45) is -1.33. The van der Waals surface area contributed by atoms with Gasteiger partial charge in [0.25, 0.3) is 6.43 Å². The molecule has 0 spiro atoms. The van der Waals surface area contributed by atoms with Crippen molar-refractivity contribution in [3.05, 3.63) is 21.0 Å². The van der Waals surface area contributed by atoms with Crippen molar-refractivity contribution < 1.29 is 8.78 Å². The highest BCUT2D eigenvalue weighted by Crippen LogP contribution is 2.28. The van der Waals surface area contributed by atoms with Crippen LogP contribution < -0.4 is 5.73 Å². The van der Waals surface area contributed by atoms with Crippen molar-refractivity contribution in [2.75, 3.05) is 5.73 Å². The number of nitrogens with two attached hydrogens (primary N) is 1. The number of rotatable bonds is 2. The molecule has 3 nitrogen and oxygen atoms in total. The summed E-state index contributed by atoms with van der Waals surface area (Å²) in [5.41, 5.74) is 5.95. The van der Waals surface area contributed by atoms with Crippen molar-refractivity contribution in [1.29, 1.82) is 5.26 Å². The van der Waals surface area contributed by atoms with Crippen molar-refractivity contribution in [3.63, 3.8) is 0 Å². The number of pyridine rings is 1. The van der Waals surface area contributed by atoms with Crippen molar-refractivity contribution in [1.82, 2.24) is 4.98 Å². The van der Waals surface area contributed by atoms with E-state index in [9.17, 15) is 8.78 Å². The van der Waals surface area contributed by atoms with E-state index in [-0.39, 0.29) is 21.4 Å². The lowest BCUT2D eigenvalue weighted by Gasteiger charge is -2.07. The minimum Gasteiger partial charge on any atom is -0.398 e. The molecule has 0 aliphatic heterocycles. The van der Waals surface area contributed by atoms with Gasteiger partial charge in [-0.2, -0.15) is 5.26 Å². The van der Waals surface area contributed by atoms with Crippen LogP contribution in [0.15, 0.2) is 6.20 Å². The Balaban J connectivity index is 3.20. The zero-order valence-electron chi connectivity index (χ0n) is 6.97. The molecule has 1 heterocycles. The quantitative estimate of drug-likeness (QED) is 0.853. The lowest BCUT2D eigenvalue weighted by molar-refractivity contribution is 0.145. The van der Waals surface area contributed by atoms with E-state index in [1.165, 1.54) is 6.20 Å². The molecule has 1 aromatic heterocycles. The smallest absolute Gasteiger partial charge is 0.281 e. The third-order valence-corrected chi connectivity index (χ3v) is 2.78. The normalized spacial score (nSPS) is 10.2. The number of nitriles is 1. The molecule has 0 fully saturated rings. The lowest BCUT2D eigenvalue weighted by Crippen LogP contribution is -2.03. The van der Waals surface area contributed by atoms with Crippen LogP contribution >= 0.6 is 22.6 Å². The van der Waals surface area contributed by atoms with Crippen LogP contribution in [0.3, 0.4) is 0 Å². The molecule has 0 unspecified atom stereocenters. The zero-order valence-corrected chi connectivity index (χ0v) is 9.12. The first-order valence-corrected chi connectivity index (χ1v) is 4.73. The Bertz CT molecular complexity index is 387. The molecular formula is C8H6F2IN3. The van der Waals surface area contributed by atoms with Crippen LogP contribution in [0.25, 0.3) is 0 Å². The second kappa shape index (κ2) is 4.50. The first-order chi connectivity index (χ1) is 6.57. The van der Waals surface area contributed by atoms with Crippen LogP contribution in [0.1, 0.15) is 17.7 Å². The van der Waals surface area contributed by atoms with E-state index in [1.807, 2.05) is 6.07 Å². The van der Waals surface area contributed by atoms with E-state index < -0.39 is 6.43 Å². The van der Waals surface area contributed by atoms with Crippen LogP contribution in [-0.4, -0.2) is 4.98 Å². The molecule has 2 N–H and O–H groups in total. The Morgan fingerprint density at radius 3 is 2.79 bits per heavy atom. The van der Waals surface area contributed by atoms with Gasteiger partial charge in [0.05, 0.1) is 21.7 Å². The molecule has 0 saturated carbocycles. The number of halogens is 3. The summed E-state index contributed by atoms with van der Waals surface area (Å²) >= 11 is 1.71. The Labute approximate surface area is 93.1 Å². The molecular weight excluding hydrogens is 303 g/mol. The maximum Gasteiger partial charge on any atom is 0.281 e. The summed E-state index contributed by atoms with van der Waals surface area (Å²) in [5.74, 6) is 0. The van der Waals surface area contributed by atoms with Gasteiger partial charge in [0.15, 0.2) is 0 Å². The molecule has 0 aliphatic carbocycles. The predicted octanol–water partition coefficient (Wildman–Crippen LogP) is 2.27. The first kappa shape index (κ1) is 11.1. The monoisotopic (exact) mass is 309 g/mol. The van der Waals surface area contributed by atoms with E-state index >= 15 is 0 Å². The number of alkyl halides is 2. The van der Waals surface area contributed by atoms with E-state index in [1.54, 1.807) is 22.6 Å². The summed E-state index contributed by atoms with van der Waals surface area (Å²) in [6.45, 7) is 0. The second-order valence-electron chi connectivity index (χ2n) is 2.53. The van der Waals surface area contributed by atoms with Crippen LogP contribution in [0.5, 0.6) is 0 Å². The fraction of sp³-hybridized carbons (Fsp3) is 0.250. The van der Waals surface area contributed by atoms with E-state index in [0.717, 1.165) is 0 Å². The van der Waals surface area contributed by atoms with Gasteiger partial charge in [-0.05, 0) is 22.6 Å². The SMILES string of the molecule is N#CCc1cnc(C(F)F)c(I)c1N. The number of nitrogen functional groups attached to an aromatic ring is 1. The van der Waals surface area contributed by atoms with Crippen molar-refractivity contribution >= 4 is 28.3 Å². The summed E-state index contributed by atoms with van der Waals surface area (Å²) in [4.78, 5) is 3.57.